The molecule has 1 saturated carbocycles. The number of aliphatic hydroxyl groups excluding tert-OH is 1. The minimum absolute atomic E-state index is 0.226. The van der Waals surface area contributed by atoms with Crippen molar-refractivity contribution in [3.63, 3.8) is 0 Å². The van der Waals surface area contributed by atoms with Gasteiger partial charge in [0.25, 0.3) is 0 Å². The Hall–Kier alpha value is 0.270. The van der Waals surface area contributed by atoms with Crippen molar-refractivity contribution >= 4 is 11.8 Å². The van der Waals surface area contributed by atoms with E-state index in [0.717, 1.165) is 6.42 Å². The predicted octanol–water partition coefficient (Wildman–Crippen LogP) is 2.15. The Labute approximate surface area is 91.6 Å². The second-order valence-electron chi connectivity index (χ2n) is 4.42. The fourth-order valence-corrected chi connectivity index (χ4v) is 3.28. The number of nitrogens with two attached hydrogens (primary N) is 1. The average Bonchev–Trinajstić information content (AvgIpc) is 2.32. The summed E-state index contributed by atoms with van der Waals surface area (Å²) in [6.07, 6.45) is 6.07. The summed E-state index contributed by atoms with van der Waals surface area (Å²) in [5.74, 6) is 0. The van der Waals surface area contributed by atoms with Gasteiger partial charge in [0, 0.05) is 16.5 Å². The third-order valence-electron chi connectivity index (χ3n) is 3.07. The topological polar surface area (TPSA) is 46.2 Å². The van der Waals surface area contributed by atoms with Crippen LogP contribution < -0.4 is 5.73 Å². The molecule has 0 heterocycles. The normalized spacial score (nSPS) is 33.4. The van der Waals surface area contributed by atoms with Crippen molar-refractivity contribution in [1.29, 1.82) is 0 Å². The van der Waals surface area contributed by atoms with Crippen molar-refractivity contribution in [2.45, 2.75) is 68.6 Å². The van der Waals surface area contributed by atoms with Crippen LogP contribution >= 0.6 is 11.8 Å². The quantitative estimate of drug-likeness (QED) is 0.712. The van der Waals surface area contributed by atoms with Gasteiger partial charge in [0.1, 0.15) is 0 Å². The molecule has 84 valence electrons. The molecule has 1 rings (SSSR count). The van der Waals surface area contributed by atoms with Gasteiger partial charge in [-0.1, -0.05) is 26.2 Å². The fraction of sp³-hybridized carbons (Fsp3) is 1.00. The highest BCUT2D eigenvalue weighted by molar-refractivity contribution is 8.00. The zero-order chi connectivity index (χ0) is 10.6. The number of aliphatic hydroxyl groups is 1. The van der Waals surface area contributed by atoms with E-state index in [1.54, 1.807) is 0 Å². The Morgan fingerprint density at radius 1 is 1.21 bits per heavy atom. The second kappa shape index (κ2) is 5.99. The number of rotatable bonds is 3. The van der Waals surface area contributed by atoms with Crippen molar-refractivity contribution < 1.29 is 5.11 Å². The summed E-state index contributed by atoms with van der Waals surface area (Å²) in [6, 6.07) is 0.337. The first-order valence-corrected chi connectivity index (χ1v) is 6.64. The Balaban J connectivity index is 2.40. The van der Waals surface area contributed by atoms with Crippen molar-refractivity contribution in [3.05, 3.63) is 0 Å². The van der Waals surface area contributed by atoms with Crippen molar-refractivity contribution in [3.8, 4) is 0 Å². The molecule has 3 N–H and O–H groups in total. The molecule has 3 heteroatoms. The Morgan fingerprint density at radius 3 is 2.50 bits per heavy atom. The number of hydrogen-bond donors (Lipinski definition) is 2. The van der Waals surface area contributed by atoms with Crippen LogP contribution in [0.4, 0.5) is 0 Å². The minimum Gasteiger partial charge on any atom is -0.392 e. The molecule has 1 fully saturated rings. The van der Waals surface area contributed by atoms with E-state index in [1.165, 1.54) is 25.7 Å². The first kappa shape index (κ1) is 12.3. The molecule has 4 atom stereocenters. The average molecular weight is 217 g/mol. The number of thioether (sulfide) groups is 1. The van der Waals surface area contributed by atoms with Gasteiger partial charge in [-0.2, -0.15) is 11.8 Å². The van der Waals surface area contributed by atoms with Gasteiger partial charge in [0.05, 0.1) is 6.10 Å². The third kappa shape index (κ3) is 3.79. The van der Waals surface area contributed by atoms with Gasteiger partial charge in [-0.25, -0.2) is 0 Å². The van der Waals surface area contributed by atoms with Gasteiger partial charge in [-0.3, -0.25) is 0 Å². The van der Waals surface area contributed by atoms with Gasteiger partial charge in [0.2, 0.25) is 0 Å². The molecule has 2 nitrogen and oxygen atoms in total. The van der Waals surface area contributed by atoms with Gasteiger partial charge in [-0.15, -0.1) is 0 Å². The summed E-state index contributed by atoms with van der Waals surface area (Å²) in [4.78, 5) is 0. The monoisotopic (exact) mass is 217 g/mol. The summed E-state index contributed by atoms with van der Waals surface area (Å²) in [6.45, 7) is 3.95. The molecule has 0 aromatic carbocycles. The van der Waals surface area contributed by atoms with Crippen LogP contribution in [0, 0.1) is 0 Å². The molecule has 0 spiro atoms. The van der Waals surface area contributed by atoms with E-state index in [-0.39, 0.29) is 6.10 Å². The molecule has 1 aliphatic carbocycles. The van der Waals surface area contributed by atoms with Gasteiger partial charge in [0.15, 0.2) is 0 Å². The summed E-state index contributed by atoms with van der Waals surface area (Å²) in [7, 11) is 0. The predicted molar refractivity (Wildman–Crippen MR) is 63.6 cm³/mol. The van der Waals surface area contributed by atoms with Crippen molar-refractivity contribution in [2.24, 2.45) is 5.73 Å². The SMILES string of the molecule is CC(O)C(C)SC1CCCCCC1N. The number of hydrogen-bond acceptors (Lipinski definition) is 3. The Bertz CT molecular complexity index is 163. The van der Waals surface area contributed by atoms with Crippen molar-refractivity contribution in [1.82, 2.24) is 0 Å². The van der Waals surface area contributed by atoms with Gasteiger partial charge < -0.3 is 10.8 Å². The summed E-state index contributed by atoms with van der Waals surface area (Å²) < 4.78 is 0. The zero-order valence-corrected chi connectivity index (χ0v) is 10.1. The molecule has 0 radical (unpaired) electrons. The van der Waals surface area contributed by atoms with E-state index in [4.69, 9.17) is 5.73 Å². The Morgan fingerprint density at radius 2 is 1.86 bits per heavy atom. The van der Waals surface area contributed by atoms with Crippen LogP contribution in [0.1, 0.15) is 46.0 Å². The van der Waals surface area contributed by atoms with Crippen LogP contribution in [0.3, 0.4) is 0 Å². The molecule has 0 aliphatic heterocycles. The lowest BCUT2D eigenvalue weighted by molar-refractivity contribution is 0.196. The molecule has 4 unspecified atom stereocenters. The van der Waals surface area contributed by atoms with E-state index >= 15 is 0 Å². The maximum Gasteiger partial charge on any atom is 0.0628 e. The molecule has 14 heavy (non-hydrogen) atoms. The molecular weight excluding hydrogens is 194 g/mol. The largest absolute Gasteiger partial charge is 0.392 e. The zero-order valence-electron chi connectivity index (χ0n) is 9.28. The lowest BCUT2D eigenvalue weighted by atomic mass is 10.1. The smallest absolute Gasteiger partial charge is 0.0628 e. The lowest BCUT2D eigenvalue weighted by Gasteiger charge is -2.25. The highest BCUT2D eigenvalue weighted by Crippen LogP contribution is 2.30. The summed E-state index contributed by atoms with van der Waals surface area (Å²) >= 11 is 1.88. The maximum atomic E-state index is 9.45. The standard InChI is InChI=1S/C11H23NOS/c1-8(13)9(2)14-11-7-5-3-4-6-10(11)12/h8-11,13H,3-7,12H2,1-2H3. The summed E-state index contributed by atoms with van der Waals surface area (Å²) in [5, 5.41) is 10.3. The molecule has 0 aromatic heterocycles. The van der Waals surface area contributed by atoms with Gasteiger partial charge in [-0.05, 0) is 19.8 Å². The molecule has 0 saturated heterocycles. The highest BCUT2D eigenvalue weighted by atomic mass is 32.2. The fourth-order valence-electron chi connectivity index (χ4n) is 1.86. The van der Waals surface area contributed by atoms with E-state index < -0.39 is 0 Å². The van der Waals surface area contributed by atoms with Crippen LogP contribution in [0.15, 0.2) is 0 Å². The first-order chi connectivity index (χ1) is 6.61. The third-order valence-corrected chi connectivity index (χ3v) is 4.83. The van der Waals surface area contributed by atoms with E-state index in [2.05, 4.69) is 6.92 Å². The van der Waals surface area contributed by atoms with E-state index in [9.17, 15) is 5.11 Å². The lowest BCUT2D eigenvalue weighted by Crippen LogP contribution is -2.34. The highest BCUT2D eigenvalue weighted by Gasteiger charge is 2.24. The van der Waals surface area contributed by atoms with Crippen LogP contribution in [0.5, 0.6) is 0 Å². The first-order valence-electron chi connectivity index (χ1n) is 5.70. The van der Waals surface area contributed by atoms with E-state index in [0.29, 0.717) is 16.5 Å². The second-order valence-corrected chi connectivity index (χ2v) is 6.04. The molecule has 1 aliphatic rings. The Kier molecular flexibility index (Phi) is 5.28. The minimum atomic E-state index is -0.226. The molecule has 0 bridgehead atoms. The van der Waals surface area contributed by atoms with E-state index in [1.807, 2.05) is 18.7 Å². The van der Waals surface area contributed by atoms with Crippen molar-refractivity contribution in [2.75, 3.05) is 0 Å². The molecule has 0 amide bonds. The summed E-state index contributed by atoms with van der Waals surface area (Å²) in [5.41, 5.74) is 6.12. The van der Waals surface area contributed by atoms with Crippen LogP contribution in [-0.4, -0.2) is 27.8 Å². The van der Waals surface area contributed by atoms with Crippen LogP contribution in [-0.2, 0) is 0 Å². The van der Waals surface area contributed by atoms with Crippen LogP contribution in [0.25, 0.3) is 0 Å². The van der Waals surface area contributed by atoms with Crippen LogP contribution in [0.2, 0.25) is 0 Å². The van der Waals surface area contributed by atoms with Gasteiger partial charge >= 0.3 is 0 Å². The molecular formula is C11H23NOS. The maximum absolute atomic E-state index is 9.45. The molecule has 0 aromatic rings.